The number of aromatic nitrogens is 1. The van der Waals surface area contributed by atoms with Crippen LogP contribution in [0, 0.1) is 0 Å². The Bertz CT molecular complexity index is 935. The normalized spacial score (nSPS) is 15.2. The van der Waals surface area contributed by atoms with E-state index in [-0.39, 0.29) is 0 Å². The lowest BCUT2D eigenvalue weighted by atomic mass is 9.96. The lowest BCUT2D eigenvalue weighted by molar-refractivity contribution is 0.0340. The second-order valence-corrected chi connectivity index (χ2v) is 6.39. The molecule has 5 nitrogen and oxygen atoms in total. The van der Waals surface area contributed by atoms with Gasteiger partial charge in [0.1, 0.15) is 0 Å². The Morgan fingerprint density at radius 2 is 1.73 bits per heavy atom. The largest absolute Gasteiger partial charge is 0.478 e. The Morgan fingerprint density at radius 3 is 2.46 bits per heavy atom. The van der Waals surface area contributed by atoms with Crippen LogP contribution in [0.5, 0.6) is 0 Å². The van der Waals surface area contributed by atoms with E-state index in [1.807, 2.05) is 54.6 Å². The van der Waals surface area contributed by atoms with Crippen LogP contribution in [0.15, 0.2) is 54.6 Å². The van der Waals surface area contributed by atoms with Gasteiger partial charge in [-0.3, -0.25) is 4.90 Å². The fourth-order valence-electron chi connectivity index (χ4n) is 3.47. The zero-order chi connectivity index (χ0) is 17.9. The van der Waals surface area contributed by atoms with Crippen molar-refractivity contribution in [3.8, 4) is 11.3 Å². The third kappa shape index (κ3) is 3.19. The van der Waals surface area contributed by atoms with Crippen molar-refractivity contribution in [3.05, 3.63) is 65.7 Å². The van der Waals surface area contributed by atoms with Crippen LogP contribution < -0.4 is 0 Å². The van der Waals surface area contributed by atoms with Crippen molar-refractivity contribution in [1.29, 1.82) is 0 Å². The van der Waals surface area contributed by atoms with Gasteiger partial charge in [0, 0.05) is 36.1 Å². The van der Waals surface area contributed by atoms with E-state index in [1.165, 1.54) is 0 Å². The van der Waals surface area contributed by atoms with E-state index in [2.05, 4.69) is 4.90 Å². The van der Waals surface area contributed by atoms with Gasteiger partial charge in [-0.1, -0.05) is 48.5 Å². The Balaban J connectivity index is 1.94. The number of aromatic carboxylic acids is 1. The van der Waals surface area contributed by atoms with Crippen molar-refractivity contribution in [3.63, 3.8) is 0 Å². The number of para-hydroxylation sites is 1. The van der Waals surface area contributed by atoms with Crippen LogP contribution in [-0.2, 0) is 11.3 Å². The average Bonchev–Trinajstić information content (AvgIpc) is 2.68. The molecule has 0 atom stereocenters. The number of nitrogens with zero attached hydrogens (tertiary/aromatic N) is 2. The molecular weight excluding hydrogens is 328 g/mol. The Morgan fingerprint density at radius 1 is 1.04 bits per heavy atom. The van der Waals surface area contributed by atoms with Crippen molar-refractivity contribution in [2.45, 2.75) is 6.54 Å². The summed E-state index contributed by atoms with van der Waals surface area (Å²) < 4.78 is 5.43. The third-order valence-electron chi connectivity index (χ3n) is 4.74. The van der Waals surface area contributed by atoms with E-state index in [0.717, 1.165) is 29.9 Å². The van der Waals surface area contributed by atoms with Crippen LogP contribution in [-0.4, -0.2) is 47.3 Å². The summed E-state index contributed by atoms with van der Waals surface area (Å²) in [7, 11) is 0. The SMILES string of the molecule is O=C(O)c1c(CN2CCOCC2)c(-c2ccccc2)nc2ccccc12. The van der Waals surface area contributed by atoms with Crippen LogP contribution in [0.25, 0.3) is 22.2 Å². The van der Waals surface area contributed by atoms with Crippen molar-refractivity contribution < 1.29 is 14.6 Å². The summed E-state index contributed by atoms with van der Waals surface area (Å²) in [5.41, 5.74) is 3.50. The van der Waals surface area contributed by atoms with Gasteiger partial charge in [-0.2, -0.15) is 0 Å². The number of pyridine rings is 1. The summed E-state index contributed by atoms with van der Waals surface area (Å²) >= 11 is 0. The Hall–Kier alpha value is -2.76. The topological polar surface area (TPSA) is 62.7 Å². The molecule has 0 amide bonds. The predicted molar refractivity (Wildman–Crippen MR) is 100 cm³/mol. The van der Waals surface area contributed by atoms with Gasteiger partial charge in [0.25, 0.3) is 0 Å². The molecule has 5 heteroatoms. The van der Waals surface area contributed by atoms with Gasteiger partial charge in [0.2, 0.25) is 0 Å². The molecule has 1 aliphatic heterocycles. The Labute approximate surface area is 151 Å². The zero-order valence-electron chi connectivity index (χ0n) is 14.4. The van der Waals surface area contributed by atoms with Gasteiger partial charge in [-0.25, -0.2) is 9.78 Å². The van der Waals surface area contributed by atoms with E-state index >= 15 is 0 Å². The number of hydrogen-bond acceptors (Lipinski definition) is 4. The van der Waals surface area contributed by atoms with E-state index in [0.29, 0.717) is 36.2 Å². The molecule has 4 rings (SSSR count). The summed E-state index contributed by atoms with van der Waals surface area (Å²) in [5.74, 6) is -0.913. The zero-order valence-corrected chi connectivity index (χ0v) is 14.4. The fourth-order valence-corrected chi connectivity index (χ4v) is 3.47. The quantitative estimate of drug-likeness (QED) is 0.783. The first-order valence-electron chi connectivity index (χ1n) is 8.74. The van der Waals surface area contributed by atoms with Crippen LogP contribution >= 0.6 is 0 Å². The number of benzene rings is 2. The molecule has 0 aliphatic carbocycles. The lowest BCUT2D eigenvalue weighted by Crippen LogP contribution is -2.36. The van der Waals surface area contributed by atoms with Crippen LogP contribution in [0.2, 0.25) is 0 Å². The molecule has 26 heavy (non-hydrogen) atoms. The maximum absolute atomic E-state index is 12.2. The average molecular weight is 348 g/mol. The second kappa shape index (κ2) is 7.23. The molecule has 3 aromatic rings. The monoisotopic (exact) mass is 348 g/mol. The number of rotatable bonds is 4. The number of hydrogen-bond donors (Lipinski definition) is 1. The summed E-state index contributed by atoms with van der Waals surface area (Å²) in [6.45, 7) is 3.47. The molecule has 1 aliphatic rings. The van der Waals surface area contributed by atoms with Crippen LogP contribution in [0.4, 0.5) is 0 Å². The summed E-state index contributed by atoms with van der Waals surface area (Å²) in [6.07, 6.45) is 0. The first-order chi connectivity index (χ1) is 12.7. The van der Waals surface area contributed by atoms with E-state index < -0.39 is 5.97 Å². The third-order valence-corrected chi connectivity index (χ3v) is 4.74. The molecule has 1 saturated heterocycles. The summed E-state index contributed by atoms with van der Waals surface area (Å²) in [5, 5.41) is 10.7. The first kappa shape index (κ1) is 16.7. The Kier molecular flexibility index (Phi) is 4.65. The molecule has 1 aromatic heterocycles. The summed E-state index contributed by atoms with van der Waals surface area (Å²) in [6, 6.07) is 17.3. The fraction of sp³-hybridized carbons (Fsp3) is 0.238. The minimum absolute atomic E-state index is 0.348. The van der Waals surface area contributed by atoms with Gasteiger partial charge < -0.3 is 9.84 Å². The number of ether oxygens (including phenoxy) is 1. The first-order valence-corrected chi connectivity index (χ1v) is 8.74. The number of carboxylic acid groups (broad SMARTS) is 1. The number of fused-ring (bicyclic) bond motifs is 1. The standard InChI is InChI=1S/C21H20N2O3/c24-21(25)19-16-8-4-5-9-18(16)22-20(15-6-2-1-3-7-15)17(19)14-23-10-12-26-13-11-23/h1-9H,10-14H2,(H,24,25). The maximum Gasteiger partial charge on any atom is 0.336 e. The smallest absolute Gasteiger partial charge is 0.336 e. The number of carbonyl (C=O) groups is 1. The van der Waals surface area contributed by atoms with Gasteiger partial charge >= 0.3 is 5.97 Å². The minimum atomic E-state index is -0.913. The minimum Gasteiger partial charge on any atom is -0.478 e. The summed E-state index contributed by atoms with van der Waals surface area (Å²) in [4.78, 5) is 19.3. The van der Waals surface area contributed by atoms with Gasteiger partial charge in [0.15, 0.2) is 0 Å². The molecule has 1 N–H and O–H groups in total. The van der Waals surface area contributed by atoms with Crippen LogP contribution in [0.1, 0.15) is 15.9 Å². The van der Waals surface area contributed by atoms with Crippen molar-refractivity contribution in [2.75, 3.05) is 26.3 Å². The van der Waals surface area contributed by atoms with Crippen molar-refractivity contribution in [1.82, 2.24) is 9.88 Å². The number of morpholine rings is 1. The highest BCUT2D eigenvalue weighted by molar-refractivity contribution is 6.05. The number of carboxylic acids is 1. The van der Waals surface area contributed by atoms with E-state index in [9.17, 15) is 9.90 Å². The molecular formula is C21H20N2O3. The molecule has 2 heterocycles. The lowest BCUT2D eigenvalue weighted by Gasteiger charge is -2.28. The molecule has 0 bridgehead atoms. The van der Waals surface area contributed by atoms with Crippen molar-refractivity contribution >= 4 is 16.9 Å². The molecule has 2 aromatic carbocycles. The van der Waals surface area contributed by atoms with E-state index in [4.69, 9.17) is 9.72 Å². The highest BCUT2D eigenvalue weighted by Crippen LogP contribution is 2.31. The molecule has 0 unspecified atom stereocenters. The maximum atomic E-state index is 12.2. The molecule has 132 valence electrons. The predicted octanol–water partition coefficient (Wildman–Crippen LogP) is 3.43. The second-order valence-electron chi connectivity index (χ2n) is 6.39. The van der Waals surface area contributed by atoms with Gasteiger partial charge in [-0.05, 0) is 6.07 Å². The molecule has 0 spiro atoms. The molecule has 0 saturated carbocycles. The molecule has 0 radical (unpaired) electrons. The highest BCUT2D eigenvalue weighted by Gasteiger charge is 2.23. The van der Waals surface area contributed by atoms with Crippen LogP contribution in [0.3, 0.4) is 0 Å². The van der Waals surface area contributed by atoms with Gasteiger partial charge in [-0.15, -0.1) is 0 Å². The highest BCUT2D eigenvalue weighted by atomic mass is 16.5. The van der Waals surface area contributed by atoms with E-state index in [1.54, 1.807) is 0 Å². The van der Waals surface area contributed by atoms with Crippen molar-refractivity contribution in [2.24, 2.45) is 0 Å². The van der Waals surface area contributed by atoms with Gasteiger partial charge in [0.05, 0.1) is 30.0 Å². The molecule has 1 fully saturated rings.